The fourth-order valence-corrected chi connectivity index (χ4v) is 4.81. The summed E-state index contributed by atoms with van der Waals surface area (Å²) in [5.41, 5.74) is 0.997. The second-order valence-corrected chi connectivity index (χ2v) is 10.0. The van der Waals surface area contributed by atoms with Crippen molar-refractivity contribution < 1.29 is 19.1 Å². The minimum atomic E-state index is -0.938. The molecule has 0 saturated carbocycles. The molecular formula is C29H39N5O4. The fraction of sp³-hybridized carbons (Fsp3) is 0.448. The van der Waals surface area contributed by atoms with Crippen LogP contribution in [0.5, 0.6) is 0 Å². The maximum atomic E-state index is 13.6. The number of carbonyl (C=O) groups is 3. The number of methoxy groups -OCH3 is 1. The molecule has 9 heteroatoms. The van der Waals surface area contributed by atoms with Gasteiger partial charge >= 0.3 is 6.09 Å². The van der Waals surface area contributed by atoms with Gasteiger partial charge in [-0.15, -0.1) is 0 Å². The monoisotopic (exact) mass is 521 g/mol. The maximum absolute atomic E-state index is 13.6. The predicted molar refractivity (Wildman–Crippen MR) is 146 cm³/mol. The Hall–Kier alpha value is -3.88. The van der Waals surface area contributed by atoms with Gasteiger partial charge in [0.15, 0.2) is 5.96 Å². The number of ether oxygens (including phenoxy) is 1. The van der Waals surface area contributed by atoms with Crippen LogP contribution in [-0.4, -0.2) is 55.0 Å². The molecule has 2 atom stereocenters. The minimum absolute atomic E-state index is 0.104. The summed E-state index contributed by atoms with van der Waals surface area (Å²) in [6.07, 6.45) is 2.24. The highest BCUT2D eigenvalue weighted by Crippen LogP contribution is 2.35. The van der Waals surface area contributed by atoms with E-state index in [1.165, 1.54) is 12.0 Å². The lowest BCUT2D eigenvalue weighted by molar-refractivity contribution is -0.132. The lowest BCUT2D eigenvalue weighted by atomic mass is 9.82. The summed E-state index contributed by atoms with van der Waals surface area (Å²) < 4.78 is 4.68. The second-order valence-electron chi connectivity index (χ2n) is 10.0. The SMILES string of the molecule is COC(=O)N[C@@H](CCc1ccccc1)C(=O)NCCCCN1C(=N)NC(CC(C)C)(c2ccccc2)C1=O. The number of rotatable bonds is 13. The molecule has 1 aliphatic rings. The van der Waals surface area contributed by atoms with Crippen molar-refractivity contribution in [3.05, 3.63) is 71.8 Å². The minimum Gasteiger partial charge on any atom is -0.453 e. The van der Waals surface area contributed by atoms with Crippen LogP contribution < -0.4 is 16.0 Å². The molecule has 2 aromatic carbocycles. The van der Waals surface area contributed by atoms with E-state index < -0.39 is 17.7 Å². The standard InChI is InChI=1S/C29H39N5O4/c1-21(2)20-29(23-14-8-5-9-15-23)26(36)34(27(30)33-29)19-11-10-18-31-25(35)24(32-28(37)38-3)17-16-22-12-6-4-7-13-22/h4-9,12-15,21,24H,10-11,16-20H2,1-3H3,(H2,30,33)(H,31,35)(H,32,37)/t24-,29?/m0/s1. The van der Waals surface area contributed by atoms with E-state index in [1.54, 1.807) is 0 Å². The molecule has 204 valence electrons. The molecular weight excluding hydrogens is 482 g/mol. The lowest BCUT2D eigenvalue weighted by Crippen LogP contribution is -2.47. The first-order valence-electron chi connectivity index (χ1n) is 13.2. The van der Waals surface area contributed by atoms with Gasteiger partial charge in [-0.3, -0.25) is 19.9 Å². The molecule has 1 saturated heterocycles. The molecule has 0 radical (unpaired) electrons. The Bertz CT molecular complexity index is 1090. The van der Waals surface area contributed by atoms with Crippen LogP contribution in [0.25, 0.3) is 0 Å². The molecule has 2 aromatic rings. The quantitative estimate of drug-likeness (QED) is 0.300. The van der Waals surface area contributed by atoms with Gasteiger partial charge in [0.25, 0.3) is 5.91 Å². The second kappa shape index (κ2) is 13.6. The van der Waals surface area contributed by atoms with Crippen molar-refractivity contribution >= 4 is 23.9 Å². The highest BCUT2D eigenvalue weighted by Gasteiger charge is 2.50. The van der Waals surface area contributed by atoms with E-state index in [0.717, 1.165) is 11.1 Å². The number of benzene rings is 2. The Balaban J connectivity index is 1.52. The Labute approximate surface area is 224 Å². The zero-order valence-electron chi connectivity index (χ0n) is 22.5. The number of unbranched alkanes of at least 4 members (excludes halogenated alkanes) is 1. The molecule has 1 aliphatic heterocycles. The molecule has 0 bridgehead atoms. The number of nitrogens with zero attached hydrogens (tertiary/aromatic N) is 1. The number of hydrogen-bond donors (Lipinski definition) is 4. The van der Waals surface area contributed by atoms with Gasteiger partial charge in [0.05, 0.1) is 7.11 Å². The van der Waals surface area contributed by atoms with Crippen molar-refractivity contribution in [2.24, 2.45) is 5.92 Å². The van der Waals surface area contributed by atoms with Gasteiger partial charge < -0.3 is 20.7 Å². The van der Waals surface area contributed by atoms with E-state index in [-0.39, 0.29) is 23.7 Å². The van der Waals surface area contributed by atoms with Crippen LogP contribution >= 0.6 is 0 Å². The van der Waals surface area contributed by atoms with E-state index in [9.17, 15) is 14.4 Å². The van der Waals surface area contributed by atoms with Crippen molar-refractivity contribution in [1.29, 1.82) is 5.41 Å². The summed E-state index contributed by atoms with van der Waals surface area (Å²) in [6, 6.07) is 18.6. The van der Waals surface area contributed by atoms with Crippen molar-refractivity contribution in [3.63, 3.8) is 0 Å². The first-order chi connectivity index (χ1) is 18.3. The summed E-state index contributed by atoms with van der Waals surface area (Å²) in [7, 11) is 1.27. The van der Waals surface area contributed by atoms with Crippen LogP contribution in [0.1, 0.15) is 50.7 Å². The van der Waals surface area contributed by atoms with Gasteiger partial charge in [0, 0.05) is 13.1 Å². The summed E-state index contributed by atoms with van der Waals surface area (Å²) in [5, 5.41) is 17.1. The first kappa shape index (κ1) is 28.7. The van der Waals surface area contributed by atoms with Crippen LogP contribution in [0.15, 0.2) is 60.7 Å². The van der Waals surface area contributed by atoms with Crippen LogP contribution in [0.4, 0.5) is 4.79 Å². The van der Waals surface area contributed by atoms with Crippen molar-refractivity contribution in [2.75, 3.05) is 20.2 Å². The molecule has 1 unspecified atom stereocenters. The third kappa shape index (κ3) is 7.34. The molecule has 38 heavy (non-hydrogen) atoms. The highest BCUT2D eigenvalue weighted by atomic mass is 16.5. The highest BCUT2D eigenvalue weighted by molar-refractivity contribution is 6.08. The van der Waals surface area contributed by atoms with Gasteiger partial charge in [-0.05, 0) is 49.1 Å². The van der Waals surface area contributed by atoms with E-state index in [0.29, 0.717) is 45.2 Å². The van der Waals surface area contributed by atoms with Gasteiger partial charge in [0.1, 0.15) is 11.6 Å². The molecule has 1 fully saturated rings. The number of hydrogen-bond acceptors (Lipinski definition) is 5. The molecule has 1 heterocycles. The van der Waals surface area contributed by atoms with E-state index in [4.69, 9.17) is 5.41 Å². The average molecular weight is 522 g/mol. The molecule has 0 aliphatic carbocycles. The smallest absolute Gasteiger partial charge is 0.407 e. The Kier molecular flexibility index (Phi) is 10.3. The third-order valence-electron chi connectivity index (χ3n) is 6.66. The summed E-state index contributed by atoms with van der Waals surface area (Å²) in [6.45, 7) is 4.90. The Morgan fingerprint density at radius 1 is 1.05 bits per heavy atom. The lowest BCUT2D eigenvalue weighted by Gasteiger charge is -2.29. The van der Waals surface area contributed by atoms with E-state index in [1.807, 2.05) is 60.7 Å². The molecule has 4 N–H and O–H groups in total. The van der Waals surface area contributed by atoms with Crippen molar-refractivity contribution in [3.8, 4) is 0 Å². The first-order valence-corrected chi connectivity index (χ1v) is 13.2. The number of nitrogens with one attached hydrogen (secondary N) is 4. The van der Waals surface area contributed by atoms with Gasteiger partial charge in [-0.2, -0.15) is 0 Å². The predicted octanol–water partition coefficient (Wildman–Crippen LogP) is 3.55. The number of alkyl carbamates (subject to hydrolysis) is 1. The van der Waals surface area contributed by atoms with Gasteiger partial charge in [-0.1, -0.05) is 74.5 Å². The fourth-order valence-electron chi connectivity index (χ4n) is 4.81. The Morgan fingerprint density at radius 3 is 2.34 bits per heavy atom. The van der Waals surface area contributed by atoms with Gasteiger partial charge in [-0.25, -0.2) is 4.79 Å². The van der Waals surface area contributed by atoms with Crippen molar-refractivity contribution in [2.45, 2.75) is 57.5 Å². The largest absolute Gasteiger partial charge is 0.453 e. The topological polar surface area (TPSA) is 124 Å². The summed E-state index contributed by atoms with van der Waals surface area (Å²) in [4.78, 5) is 39.6. The van der Waals surface area contributed by atoms with E-state index in [2.05, 4.69) is 34.5 Å². The summed E-state index contributed by atoms with van der Waals surface area (Å²) in [5.74, 6) is -0.0393. The summed E-state index contributed by atoms with van der Waals surface area (Å²) >= 11 is 0. The molecule has 3 rings (SSSR count). The number of guanidine groups is 1. The van der Waals surface area contributed by atoms with Crippen molar-refractivity contribution in [1.82, 2.24) is 20.9 Å². The van der Waals surface area contributed by atoms with Crippen LogP contribution in [-0.2, 0) is 26.3 Å². The van der Waals surface area contributed by atoms with Crippen LogP contribution in [0.2, 0.25) is 0 Å². The maximum Gasteiger partial charge on any atom is 0.407 e. The van der Waals surface area contributed by atoms with Crippen LogP contribution in [0, 0.1) is 11.3 Å². The number of carbonyl (C=O) groups excluding carboxylic acids is 3. The Morgan fingerprint density at radius 2 is 1.71 bits per heavy atom. The number of aryl methyl sites for hydroxylation is 1. The zero-order valence-corrected chi connectivity index (χ0v) is 22.5. The number of amides is 3. The molecule has 9 nitrogen and oxygen atoms in total. The molecule has 0 aromatic heterocycles. The normalized spacial score (nSPS) is 17.7. The van der Waals surface area contributed by atoms with Crippen LogP contribution in [0.3, 0.4) is 0 Å². The van der Waals surface area contributed by atoms with E-state index >= 15 is 0 Å². The third-order valence-corrected chi connectivity index (χ3v) is 6.66. The zero-order chi connectivity index (χ0) is 27.5. The van der Waals surface area contributed by atoms with Gasteiger partial charge in [0.2, 0.25) is 5.91 Å². The molecule has 0 spiro atoms. The molecule has 3 amide bonds. The average Bonchev–Trinajstić information content (AvgIpc) is 3.15.